The summed E-state index contributed by atoms with van der Waals surface area (Å²) in [6, 6.07) is 4.26. The number of likely N-dealkylation sites (N-methyl/N-ethyl adjacent to an activating group) is 1. The van der Waals surface area contributed by atoms with Gasteiger partial charge in [-0.05, 0) is 65.3 Å². The standard InChI is InChI=1S/C26H35NO4/c1-7-15-16-8-9-17(28)20-19(16)25-12-13-27(5)21(15)24(25)10-11-26(30-6,23(25,4)31-20)18(14-24)22(2,3)29/h8-11,15,18,21,28-29H,7,12-14H2,1-6H3/t15-,18+,21-,23+,24?,25+,26?/m1/s1. The largest absolute Gasteiger partial charge is 0.504 e. The van der Waals surface area contributed by atoms with Crippen molar-refractivity contribution in [3.8, 4) is 11.5 Å². The molecule has 2 unspecified atom stereocenters. The summed E-state index contributed by atoms with van der Waals surface area (Å²) in [5.74, 6) is 1.08. The van der Waals surface area contributed by atoms with Crippen molar-refractivity contribution in [2.75, 3.05) is 20.7 Å². The van der Waals surface area contributed by atoms with E-state index in [0.717, 1.165) is 25.8 Å². The summed E-state index contributed by atoms with van der Waals surface area (Å²) in [4.78, 5) is 2.55. The normalized spacial score (nSPS) is 46.7. The highest BCUT2D eigenvalue weighted by atomic mass is 16.6. The van der Waals surface area contributed by atoms with Gasteiger partial charge in [-0.15, -0.1) is 0 Å². The van der Waals surface area contributed by atoms with Crippen LogP contribution in [0, 0.1) is 11.3 Å². The van der Waals surface area contributed by atoms with Crippen LogP contribution in [-0.4, -0.2) is 58.7 Å². The molecule has 1 saturated heterocycles. The summed E-state index contributed by atoms with van der Waals surface area (Å²) in [6.45, 7) is 9.25. The number of nitrogens with zero attached hydrogens (tertiary/aromatic N) is 1. The summed E-state index contributed by atoms with van der Waals surface area (Å²) in [6.07, 6.45) is 7.46. The fourth-order valence-electron chi connectivity index (χ4n) is 9.22. The Balaban J connectivity index is 1.78. The number of likely N-dealkylation sites (tertiary alicyclic amines) is 1. The molecule has 2 heterocycles. The summed E-state index contributed by atoms with van der Waals surface area (Å²) < 4.78 is 13.3. The van der Waals surface area contributed by atoms with Gasteiger partial charge in [0, 0.05) is 36.0 Å². The van der Waals surface area contributed by atoms with Gasteiger partial charge in [0.2, 0.25) is 0 Å². The first-order chi connectivity index (χ1) is 14.5. The van der Waals surface area contributed by atoms with Crippen molar-refractivity contribution in [1.29, 1.82) is 0 Å². The summed E-state index contributed by atoms with van der Waals surface area (Å²) in [5.41, 5.74) is -0.381. The third kappa shape index (κ3) is 1.75. The van der Waals surface area contributed by atoms with E-state index in [2.05, 4.69) is 44.0 Å². The second-order valence-corrected chi connectivity index (χ2v) is 11.4. The zero-order valence-electron chi connectivity index (χ0n) is 19.5. The van der Waals surface area contributed by atoms with Gasteiger partial charge in [0.15, 0.2) is 11.5 Å². The molecule has 0 amide bonds. The molecule has 31 heavy (non-hydrogen) atoms. The average Bonchev–Trinajstić information content (AvgIpc) is 3.01. The van der Waals surface area contributed by atoms with Crippen LogP contribution >= 0.6 is 0 Å². The van der Waals surface area contributed by atoms with Crippen molar-refractivity contribution in [3.05, 3.63) is 35.4 Å². The van der Waals surface area contributed by atoms with Crippen molar-refractivity contribution in [3.63, 3.8) is 0 Å². The number of fused-ring (bicyclic) bond motifs is 1. The Morgan fingerprint density at radius 1 is 1.29 bits per heavy atom. The van der Waals surface area contributed by atoms with Crippen LogP contribution in [0.25, 0.3) is 0 Å². The lowest BCUT2D eigenvalue weighted by Gasteiger charge is -2.76. The first kappa shape index (κ1) is 20.1. The molecule has 168 valence electrons. The topological polar surface area (TPSA) is 62.2 Å². The summed E-state index contributed by atoms with van der Waals surface area (Å²) in [5, 5.41) is 22.4. The number of benzene rings is 1. The number of ether oxygens (including phenoxy) is 2. The van der Waals surface area contributed by atoms with E-state index in [1.54, 1.807) is 7.11 Å². The van der Waals surface area contributed by atoms with Crippen LogP contribution in [0.1, 0.15) is 64.0 Å². The van der Waals surface area contributed by atoms with Crippen LogP contribution in [0.15, 0.2) is 24.3 Å². The maximum absolute atomic E-state index is 11.4. The van der Waals surface area contributed by atoms with Gasteiger partial charge in [-0.2, -0.15) is 0 Å². The van der Waals surface area contributed by atoms with E-state index in [9.17, 15) is 10.2 Å². The molecule has 2 fully saturated rings. The zero-order chi connectivity index (χ0) is 22.2. The number of methoxy groups -OCH3 is 1. The van der Waals surface area contributed by atoms with Gasteiger partial charge >= 0.3 is 0 Å². The molecule has 0 radical (unpaired) electrons. The van der Waals surface area contributed by atoms with Gasteiger partial charge in [-0.3, -0.25) is 0 Å². The highest BCUT2D eigenvalue weighted by Gasteiger charge is 2.85. The zero-order valence-corrected chi connectivity index (χ0v) is 19.5. The van der Waals surface area contributed by atoms with Crippen LogP contribution in [0.3, 0.4) is 0 Å². The van der Waals surface area contributed by atoms with E-state index in [1.165, 1.54) is 11.1 Å². The van der Waals surface area contributed by atoms with Crippen LogP contribution in [0.5, 0.6) is 11.5 Å². The van der Waals surface area contributed by atoms with Crippen LogP contribution < -0.4 is 4.74 Å². The molecule has 5 nitrogen and oxygen atoms in total. The molecule has 7 atom stereocenters. The van der Waals surface area contributed by atoms with Gasteiger partial charge in [-0.1, -0.05) is 25.1 Å². The number of hydrogen-bond acceptors (Lipinski definition) is 5. The molecule has 6 aliphatic rings. The molecular weight excluding hydrogens is 390 g/mol. The molecular formula is C26H35NO4. The van der Waals surface area contributed by atoms with Crippen LogP contribution in [0.2, 0.25) is 0 Å². The minimum absolute atomic E-state index is 0.127. The van der Waals surface area contributed by atoms with Gasteiger partial charge in [-0.25, -0.2) is 0 Å². The van der Waals surface area contributed by atoms with Crippen molar-refractivity contribution in [1.82, 2.24) is 4.90 Å². The summed E-state index contributed by atoms with van der Waals surface area (Å²) >= 11 is 0. The minimum atomic E-state index is -0.937. The second kappa shape index (κ2) is 5.49. The highest BCUT2D eigenvalue weighted by Crippen LogP contribution is 2.80. The Labute approximate surface area is 185 Å². The van der Waals surface area contributed by atoms with Crippen molar-refractivity contribution < 1.29 is 19.7 Å². The molecule has 0 aromatic heterocycles. The molecule has 2 spiro atoms. The lowest BCUT2D eigenvalue weighted by Crippen LogP contribution is -2.85. The van der Waals surface area contributed by atoms with E-state index in [1.807, 2.05) is 19.9 Å². The van der Waals surface area contributed by atoms with E-state index in [0.29, 0.717) is 17.7 Å². The van der Waals surface area contributed by atoms with E-state index >= 15 is 0 Å². The van der Waals surface area contributed by atoms with Crippen molar-refractivity contribution in [2.45, 2.75) is 81.1 Å². The maximum Gasteiger partial charge on any atom is 0.166 e. The Morgan fingerprint density at radius 2 is 2.03 bits per heavy atom. The lowest BCUT2D eigenvalue weighted by molar-refractivity contribution is -0.285. The molecule has 1 saturated carbocycles. The van der Waals surface area contributed by atoms with Gasteiger partial charge in [0.05, 0.1) is 11.0 Å². The van der Waals surface area contributed by atoms with Crippen LogP contribution in [0.4, 0.5) is 0 Å². The molecule has 1 aromatic carbocycles. The average molecular weight is 426 g/mol. The molecule has 7 rings (SSSR count). The number of piperidine rings is 1. The fourth-order valence-corrected chi connectivity index (χ4v) is 9.22. The van der Waals surface area contributed by atoms with Crippen molar-refractivity contribution >= 4 is 0 Å². The van der Waals surface area contributed by atoms with E-state index in [4.69, 9.17) is 9.47 Å². The Hall–Kier alpha value is -1.56. The smallest absolute Gasteiger partial charge is 0.166 e. The van der Waals surface area contributed by atoms with Gasteiger partial charge in [0.25, 0.3) is 0 Å². The first-order valence-corrected chi connectivity index (χ1v) is 11.8. The predicted octanol–water partition coefficient (Wildman–Crippen LogP) is 3.72. The quantitative estimate of drug-likeness (QED) is 0.723. The number of phenolic OH excluding ortho intramolecular Hbond substituents is 1. The molecule has 4 bridgehead atoms. The molecule has 5 heteroatoms. The summed E-state index contributed by atoms with van der Waals surface area (Å²) in [7, 11) is 4.01. The fraction of sp³-hybridized carbons (Fsp3) is 0.692. The second-order valence-electron chi connectivity index (χ2n) is 11.4. The Morgan fingerprint density at radius 3 is 2.68 bits per heavy atom. The molecule has 2 N–H and O–H groups in total. The third-order valence-corrected chi connectivity index (χ3v) is 10.2. The SMILES string of the molecule is CC[C@@H]1c2ccc(O)c3c2[C@]24CCN(C)[C@H]1C21C=CC(OC)([C@H](C(C)(C)O)C1)[C@@]4(C)O3. The van der Waals surface area contributed by atoms with Gasteiger partial charge < -0.3 is 24.6 Å². The van der Waals surface area contributed by atoms with E-state index in [-0.39, 0.29) is 22.5 Å². The Kier molecular flexibility index (Phi) is 3.56. The van der Waals surface area contributed by atoms with E-state index < -0.39 is 16.8 Å². The Bertz CT molecular complexity index is 1010. The van der Waals surface area contributed by atoms with Crippen molar-refractivity contribution in [2.24, 2.45) is 11.3 Å². The first-order valence-electron chi connectivity index (χ1n) is 11.8. The highest BCUT2D eigenvalue weighted by molar-refractivity contribution is 5.68. The lowest BCUT2D eigenvalue weighted by atomic mass is 9.31. The molecule has 2 aliphatic heterocycles. The third-order valence-electron chi connectivity index (χ3n) is 10.2. The maximum atomic E-state index is 11.4. The number of hydrogen-bond donors (Lipinski definition) is 2. The van der Waals surface area contributed by atoms with Gasteiger partial charge in [0.1, 0.15) is 11.2 Å². The van der Waals surface area contributed by atoms with Crippen LogP contribution in [-0.2, 0) is 10.2 Å². The number of phenols is 1. The predicted molar refractivity (Wildman–Crippen MR) is 119 cm³/mol. The number of aromatic hydroxyl groups is 1. The number of rotatable bonds is 3. The molecule has 4 aliphatic carbocycles. The monoisotopic (exact) mass is 425 g/mol. The number of aliphatic hydroxyl groups is 1. The molecule has 1 aromatic rings. The minimum Gasteiger partial charge on any atom is -0.504 e.